The molecule has 0 radical (unpaired) electrons. The zero-order valence-corrected chi connectivity index (χ0v) is 7.36. The minimum atomic E-state index is -1.25. The summed E-state index contributed by atoms with van der Waals surface area (Å²) in [6.45, 7) is 1.95. The molecular formula is C9H12O4. The van der Waals surface area contributed by atoms with Gasteiger partial charge in [0.15, 0.2) is 0 Å². The molecule has 0 aliphatic heterocycles. The number of aliphatic carboxylic acids is 2. The van der Waals surface area contributed by atoms with Crippen molar-refractivity contribution in [2.45, 2.75) is 19.8 Å². The Kier molecular flexibility index (Phi) is 5.27. The van der Waals surface area contributed by atoms with Gasteiger partial charge in [0.05, 0.1) is 5.57 Å². The molecular weight excluding hydrogens is 172 g/mol. The van der Waals surface area contributed by atoms with Crippen LogP contribution in [-0.2, 0) is 9.59 Å². The summed E-state index contributed by atoms with van der Waals surface area (Å²) in [5.74, 6) is -2.48. The minimum absolute atomic E-state index is 0.207. The van der Waals surface area contributed by atoms with Crippen LogP contribution >= 0.6 is 0 Å². The molecule has 0 saturated heterocycles. The van der Waals surface area contributed by atoms with E-state index in [2.05, 4.69) is 0 Å². The molecule has 0 fully saturated rings. The molecule has 0 atom stereocenters. The number of rotatable bonds is 5. The highest BCUT2D eigenvalue weighted by molar-refractivity contribution is 5.96. The second-order valence-electron chi connectivity index (χ2n) is 2.43. The van der Waals surface area contributed by atoms with Crippen molar-refractivity contribution < 1.29 is 19.8 Å². The molecule has 0 bridgehead atoms. The van der Waals surface area contributed by atoms with Crippen molar-refractivity contribution in [2.75, 3.05) is 0 Å². The van der Waals surface area contributed by atoms with Crippen LogP contribution in [0.4, 0.5) is 0 Å². The van der Waals surface area contributed by atoms with Gasteiger partial charge in [0.2, 0.25) is 0 Å². The number of carbonyl (C=O) groups is 2. The third-order valence-corrected chi connectivity index (χ3v) is 1.28. The predicted octanol–water partition coefficient (Wildman–Crippen LogP) is 1.44. The van der Waals surface area contributed by atoms with Gasteiger partial charge >= 0.3 is 11.9 Å². The highest BCUT2D eigenvalue weighted by Gasteiger charge is 2.04. The first kappa shape index (κ1) is 11.4. The van der Waals surface area contributed by atoms with Gasteiger partial charge in [-0.2, -0.15) is 0 Å². The van der Waals surface area contributed by atoms with Crippen molar-refractivity contribution in [3.8, 4) is 0 Å². The van der Waals surface area contributed by atoms with Gasteiger partial charge < -0.3 is 10.2 Å². The van der Waals surface area contributed by atoms with Crippen LogP contribution in [0.15, 0.2) is 23.8 Å². The summed E-state index contributed by atoms with van der Waals surface area (Å²) in [5, 5.41) is 16.9. The lowest BCUT2D eigenvalue weighted by Crippen LogP contribution is -2.01. The van der Waals surface area contributed by atoms with E-state index in [0.717, 1.165) is 12.8 Å². The Balaban J connectivity index is 4.44. The van der Waals surface area contributed by atoms with Crippen LogP contribution in [0.1, 0.15) is 19.8 Å². The lowest BCUT2D eigenvalue weighted by Gasteiger charge is -1.91. The number of hydrogen-bond acceptors (Lipinski definition) is 2. The van der Waals surface area contributed by atoms with Gasteiger partial charge in [0.25, 0.3) is 0 Å². The Morgan fingerprint density at radius 3 is 2.31 bits per heavy atom. The van der Waals surface area contributed by atoms with Crippen molar-refractivity contribution >= 4 is 11.9 Å². The molecule has 72 valence electrons. The topological polar surface area (TPSA) is 74.6 Å². The monoisotopic (exact) mass is 184 g/mol. The van der Waals surface area contributed by atoms with Crippen LogP contribution < -0.4 is 0 Å². The summed E-state index contributed by atoms with van der Waals surface area (Å²) in [5.41, 5.74) is -0.207. The van der Waals surface area contributed by atoms with Gasteiger partial charge in [0.1, 0.15) is 0 Å². The maximum atomic E-state index is 10.4. The van der Waals surface area contributed by atoms with Crippen LogP contribution in [0.5, 0.6) is 0 Å². The summed E-state index contributed by atoms with van der Waals surface area (Å²) in [6.07, 6.45) is 5.26. The van der Waals surface area contributed by atoms with Gasteiger partial charge in [-0.15, -0.1) is 0 Å². The summed E-state index contributed by atoms with van der Waals surface area (Å²) in [6, 6.07) is 0. The molecule has 0 unspecified atom stereocenters. The number of carboxylic acid groups (broad SMARTS) is 2. The molecule has 0 aromatic carbocycles. The van der Waals surface area contributed by atoms with Crippen molar-refractivity contribution in [1.29, 1.82) is 0 Å². The third kappa shape index (κ3) is 5.66. The zero-order valence-electron chi connectivity index (χ0n) is 7.36. The second kappa shape index (κ2) is 5.99. The van der Waals surface area contributed by atoms with Crippen molar-refractivity contribution in [1.82, 2.24) is 0 Å². The van der Waals surface area contributed by atoms with E-state index in [4.69, 9.17) is 10.2 Å². The molecule has 0 aromatic rings. The number of unbranched alkanes of at least 4 members (excludes halogenated alkanes) is 1. The quantitative estimate of drug-likeness (QED) is 0.500. The summed E-state index contributed by atoms with van der Waals surface area (Å²) in [4.78, 5) is 20.6. The van der Waals surface area contributed by atoms with Gasteiger partial charge in [0, 0.05) is 6.08 Å². The smallest absolute Gasteiger partial charge is 0.335 e. The molecule has 4 heteroatoms. The Bertz CT molecular complexity index is 250. The lowest BCUT2D eigenvalue weighted by molar-refractivity contribution is -0.134. The lowest BCUT2D eigenvalue weighted by atomic mass is 10.2. The van der Waals surface area contributed by atoms with E-state index in [1.54, 1.807) is 6.08 Å². The average Bonchev–Trinajstić information content (AvgIpc) is 2.02. The van der Waals surface area contributed by atoms with E-state index in [-0.39, 0.29) is 5.57 Å². The molecule has 0 spiro atoms. The maximum absolute atomic E-state index is 10.4. The summed E-state index contributed by atoms with van der Waals surface area (Å²) >= 11 is 0. The average molecular weight is 184 g/mol. The molecule has 0 rings (SSSR count). The van der Waals surface area contributed by atoms with Gasteiger partial charge in [-0.1, -0.05) is 25.5 Å². The van der Waals surface area contributed by atoms with Crippen molar-refractivity contribution in [2.24, 2.45) is 0 Å². The fourth-order valence-corrected chi connectivity index (χ4v) is 0.691. The molecule has 2 N–H and O–H groups in total. The van der Waals surface area contributed by atoms with Gasteiger partial charge in [-0.3, -0.25) is 0 Å². The first-order chi connectivity index (χ1) is 6.07. The van der Waals surface area contributed by atoms with Crippen LogP contribution in [0.2, 0.25) is 0 Å². The molecule has 0 aromatic heterocycles. The SMILES string of the molecule is CCC/C=C/C(=C/C(=O)O)C(=O)O. The fourth-order valence-electron chi connectivity index (χ4n) is 0.691. The molecule has 13 heavy (non-hydrogen) atoms. The third-order valence-electron chi connectivity index (χ3n) is 1.28. The van der Waals surface area contributed by atoms with Crippen LogP contribution in [-0.4, -0.2) is 22.2 Å². The number of carboxylic acids is 2. The van der Waals surface area contributed by atoms with Crippen LogP contribution in [0, 0.1) is 0 Å². The highest BCUT2D eigenvalue weighted by Crippen LogP contribution is 1.99. The molecule has 0 heterocycles. The Morgan fingerprint density at radius 1 is 1.31 bits per heavy atom. The summed E-state index contributed by atoms with van der Waals surface area (Å²) < 4.78 is 0. The van der Waals surface area contributed by atoms with Gasteiger partial charge in [-0.25, -0.2) is 9.59 Å². The second-order valence-corrected chi connectivity index (χ2v) is 2.43. The predicted molar refractivity (Wildman–Crippen MR) is 47.4 cm³/mol. The maximum Gasteiger partial charge on any atom is 0.335 e. The molecule has 0 amide bonds. The van der Waals surface area contributed by atoms with E-state index in [1.807, 2.05) is 6.92 Å². The standard InChI is InChI=1S/C9H12O4/c1-2-3-4-5-7(9(12)13)6-8(10)11/h4-6H,2-3H2,1H3,(H,10,11)(H,12,13)/b5-4+,7-6-. The molecule has 0 aliphatic rings. The minimum Gasteiger partial charge on any atom is -0.478 e. The largest absolute Gasteiger partial charge is 0.478 e. The summed E-state index contributed by atoms with van der Waals surface area (Å²) in [7, 11) is 0. The van der Waals surface area contributed by atoms with Crippen molar-refractivity contribution in [3.05, 3.63) is 23.8 Å². The highest BCUT2D eigenvalue weighted by atomic mass is 16.4. The number of allylic oxidation sites excluding steroid dienone is 1. The van der Waals surface area contributed by atoms with E-state index in [9.17, 15) is 9.59 Å². The van der Waals surface area contributed by atoms with Crippen LogP contribution in [0.3, 0.4) is 0 Å². The van der Waals surface area contributed by atoms with Crippen molar-refractivity contribution in [3.63, 3.8) is 0 Å². The van der Waals surface area contributed by atoms with Gasteiger partial charge in [-0.05, 0) is 6.42 Å². The fraction of sp³-hybridized carbons (Fsp3) is 0.333. The normalized spacial score (nSPS) is 11.9. The Labute approximate surface area is 76.2 Å². The number of hydrogen-bond donors (Lipinski definition) is 2. The Hall–Kier alpha value is -1.58. The first-order valence-electron chi connectivity index (χ1n) is 3.92. The zero-order chi connectivity index (χ0) is 10.3. The van der Waals surface area contributed by atoms with Crippen LogP contribution in [0.25, 0.3) is 0 Å². The molecule has 0 aliphatic carbocycles. The van der Waals surface area contributed by atoms with E-state index in [1.165, 1.54) is 6.08 Å². The van der Waals surface area contributed by atoms with E-state index < -0.39 is 11.9 Å². The molecule has 0 saturated carbocycles. The Morgan fingerprint density at radius 2 is 1.92 bits per heavy atom. The van der Waals surface area contributed by atoms with E-state index in [0.29, 0.717) is 6.08 Å². The first-order valence-corrected chi connectivity index (χ1v) is 3.92. The molecule has 4 nitrogen and oxygen atoms in total. The van der Waals surface area contributed by atoms with E-state index >= 15 is 0 Å².